The summed E-state index contributed by atoms with van der Waals surface area (Å²) < 4.78 is 14.5. The molecule has 0 unspecified atom stereocenters. The first-order valence-electron chi connectivity index (χ1n) is 11.2. The summed E-state index contributed by atoms with van der Waals surface area (Å²) in [6, 6.07) is 4.65. The Hall–Kier alpha value is -3.57. The number of H-pyrrole nitrogens is 2. The van der Waals surface area contributed by atoms with Gasteiger partial charge in [-0.1, -0.05) is 38.2 Å². The number of aromatic amines is 2. The van der Waals surface area contributed by atoms with E-state index in [1.165, 1.54) is 61.9 Å². The predicted molar refractivity (Wildman–Crippen MR) is 132 cm³/mol. The largest absolute Gasteiger partial charge is 0.400 e. The van der Waals surface area contributed by atoms with Crippen LogP contribution in [0.15, 0.2) is 47.0 Å². The number of aliphatic hydroxyl groups excluding tert-OH is 1. The molecule has 1 fully saturated rings. The lowest BCUT2D eigenvalue weighted by molar-refractivity contribution is -0.108. The summed E-state index contributed by atoms with van der Waals surface area (Å²) in [5, 5.41) is 16.3. The lowest BCUT2D eigenvalue weighted by Crippen LogP contribution is -2.07. The number of halogens is 1. The highest BCUT2D eigenvalue weighted by Gasteiger charge is 2.14. The van der Waals surface area contributed by atoms with Gasteiger partial charge in [0.05, 0.1) is 5.56 Å². The molecule has 0 aliphatic heterocycles. The van der Waals surface area contributed by atoms with Crippen LogP contribution >= 0.6 is 11.3 Å². The van der Waals surface area contributed by atoms with E-state index in [9.17, 15) is 14.0 Å². The lowest BCUT2D eigenvalue weighted by atomic mass is 9.87. The van der Waals surface area contributed by atoms with Gasteiger partial charge >= 0.3 is 5.69 Å². The maximum Gasteiger partial charge on any atom is 0.344 e. The number of aliphatic hydroxyl groups is 1. The zero-order valence-corrected chi connectivity index (χ0v) is 20.1. The number of carbonyl (C=O) groups excluding carboxylic acids is 1. The van der Waals surface area contributed by atoms with E-state index in [4.69, 9.17) is 5.11 Å². The Morgan fingerprint density at radius 3 is 2.60 bits per heavy atom. The third-order valence-corrected chi connectivity index (χ3v) is 6.27. The maximum atomic E-state index is 14.5. The van der Waals surface area contributed by atoms with Crippen molar-refractivity contribution in [1.82, 2.24) is 30.1 Å². The molecular formula is C24H27FN6O3S. The van der Waals surface area contributed by atoms with Crippen LogP contribution in [-0.4, -0.2) is 48.6 Å². The van der Waals surface area contributed by atoms with E-state index in [0.717, 1.165) is 25.7 Å². The molecule has 1 aliphatic carbocycles. The second-order valence-electron chi connectivity index (χ2n) is 7.75. The fraction of sp³-hybridized carbons (Fsp3) is 0.333. The number of benzene rings is 1. The van der Waals surface area contributed by atoms with Crippen LogP contribution in [0.4, 0.5) is 4.39 Å². The van der Waals surface area contributed by atoms with Gasteiger partial charge in [-0.05, 0) is 23.6 Å². The summed E-state index contributed by atoms with van der Waals surface area (Å²) in [7, 11) is 1.00. The fourth-order valence-electron chi connectivity index (χ4n) is 3.75. The number of aromatic nitrogens is 6. The molecule has 3 aromatic heterocycles. The summed E-state index contributed by atoms with van der Waals surface area (Å²) in [4.78, 5) is 35.6. The summed E-state index contributed by atoms with van der Waals surface area (Å²) in [6.07, 6.45) is 13.1. The van der Waals surface area contributed by atoms with Crippen LogP contribution in [0.5, 0.6) is 0 Å². The molecule has 35 heavy (non-hydrogen) atoms. The van der Waals surface area contributed by atoms with Crippen molar-refractivity contribution in [3.05, 3.63) is 58.5 Å². The van der Waals surface area contributed by atoms with Gasteiger partial charge in [-0.3, -0.25) is 5.10 Å². The molecule has 184 valence electrons. The van der Waals surface area contributed by atoms with Crippen molar-refractivity contribution >= 4 is 17.6 Å². The minimum Gasteiger partial charge on any atom is -0.400 e. The quantitative estimate of drug-likeness (QED) is 0.350. The fourth-order valence-corrected chi connectivity index (χ4v) is 4.33. The van der Waals surface area contributed by atoms with Crippen LogP contribution in [0, 0.1) is 11.7 Å². The number of nitrogens with zero attached hydrogens (tertiary/aromatic N) is 4. The van der Waals surface area contributed by atoms with E-state index < -0.39 is 11.5 Å². The topological polar surface area (TPSA) is 138 Å². The van der Waals surface area contributed by atoms with E-state index in [1.54, 1.807) is 18.3 Å². The van der Waals surface area contributed by atoms with E-state index in [2.05, 4.69) is 30.1 Å². The molecular weight excluding hydrogens is 471 g/mol. The summed E-state index contributed by atoms with van der Waals surface area (Å²) >= 11 is 1.42. The molecule has 1 aliphatic rings. The number of hydrogen-bond donors (Lipinski definition) is 3. The predicted octanol–water partition coefficient (Wildman–Crippen LogP) is 4.25. The van der Waals surface area contributed by atoms with Crippen LogP contribution in [-0.2, 0) is 4.79 Å². The SMILES string of the molecule is CO.O=CCC1CCCCC1.O=c1ncc(-c2ccc(-c3n[nH]c(-c4nccs4)n3)c(F)c2)c[nH]1. The molecule has 0 radical (unpaired) electrons. The smallest absolute Gasteiger partial charge is 0.344 e. The second kappa shape index (κ2) is 13.4. The van der Waals surface area contributed by atoms with Crippen molar-refractivity contribution in [2.75, 3.05) is 7.11 Å². The molecule has 1 aromatic carbocycles. The van der Waals surface area contributed by atoms with Gasteiger partial charge in [0.1, 0.15) is 12.1 Å². The standard InChI is InChI=1S/C15H9FN6OS.C8H14O.CH4O/c16-11-5-8(9-6-18-15(23)19-7-9)1-2-10(11)12-20-13(22-21-12)14-17-3-4-24-14;9-7-6-8-4-2-1-3-5-8;1-2/h1-7H,(H,18,19,23)(H,20,21,22);7-8H,1-6H2;2H,1H3. The zero-order chi connectivity index (χ0) is 25.0. The summed E-state index contributed by atoms with van der Waals surface area (Å²) in [5.41, 5.74) is 1.02. The lowest BCUT2D eigenvalue weighted by Gasteiger charge is -2.18. The average molecular weight is 499 g/mol. The number of rotatable bonds is 5. The molecule has 0 amide bonds. The van der Waals surface area contributed by atoms with Gasteiger partial charge < -0.3 is 14.9 Å². The van der Waals surface area contributed by atoms with Gasteiger partial charge in [0.2, 0.25) is 0 Å². The van der Waals surface area contributed by atoms with Crippen molar-refractivity contribution < 1.29 is 14.3 Å². The first-order chi connectivity index (χ1) is 17.1. The molecule has 1 saturated carbocycles. The van der Waals surface area contributed by atoms with Crippen molar-refractivity contribution in [3.63, 3.8) is 0 Å². The Bertz CT molecular complexity index is 1230. The molecule has 3 heterocycles. The molecule has 0 bridgehead atoms. The molecule has 9 nitrogen and oxygen atoms in total. The molecule has 0 spiro atoms. The second-order valence-corrected chi connectivity index (χ2v) is 8.65. The van der Waals surface area contributed by atoms with Gasteiger partial charge in [-0.25, -0.2) is 24.1 Å². The highest BCUT2D eigenvalue weighted by atomic mass is 32.1. The van der Waals surface area contributed by atoms with E-state index in [-0.39, 0.29) is 11.4 Å². The molecule has 11 heteroatoms. The van der Waals surface area contributed by atoms with Crippen molar-refractivity contribution in [1.29, 1.82) is 0 Å². The van der Waals surface area contributed by atoms with E-state index in [0.29, 0.717) is 22.0 Å². The highest BCUT2D eigenvalue weighted by Crippen LogP contribution is 2.27. The van der Waals surface area contributed by atoms with Crippen molar-refractivity contribution in [2.24, 2.45) is 5.92 Å². The highest BCUT2D eigenvalue weighted by molar-refractivity contribution is 7.13. The Kier molecular flexibility index (Phi) is 9.93. The van der Waals surface area contributed by atoms with Crippen molar-refractivity contribution in [2.45, 2.75) is 38.5 Å². The van der Waals surface area contributed by atoms with Crippen LogP contribution < -0.4 is 5.69 Å². The molecule has 3 N–H and O–H groups in total. The third-order valence-electron chi connectivity index (χ3n) is 5.49. The molecule has 0 saturated heterocycles. The zero-order valence-electron chi connectivity index (χ0n) is 19.3. The van der Waals surface area contributed by atoms with Gasteiger partial charge in [-0.15, -0.1) is 11.3 Å². The number of nitrogens with one attached hydrogen (secondary N) is 2. The summed E-state index contributed by atoms with van der Waals surface area (Å²) in [5.74, 6) is 1.01. The number of thiazole rings is 1. The monoisotopic (exact) mass is 498 g/mol. The normalized spacial score (nSPS) is 13.2. The van der Waals surface area contributed by atoms with Gasteiger partial charge in [0, 0.05) is 43.1 Å². The van der Waals surface area contributed by atoms with Crippen LogP contribution in [0.2, 0.25) is 0 Å². The van der Waals surface area contributed by atoms with E-state index in [1.807, 2.05) is 5.38 Å². The number of hydrogen-bond acceptors (Lipinski definition) is 8. The van der Waals surface area contributed by atoms with Gasteiger partial charge in [0.25, 0.3) is 0 Å². The average Bonchev–Trinajstić information content (AvgIpc) is 3.60. The first-order valence-corrected chi connectivity index (χ1v) is 12.1. The Morgan fingerprint density at radius 2 is 1.97 bits per heavy atom. The summed E-state index contributed by atoms with van der Waals surface area (Å²) in [6.45, 7) is 0. The number of carbonyl (C=O) groups is 1. The maximum absolute atomic E-state index is 14.5. The third kappa shape index (κ3) is 7.20. The van der Waals surface area contributed by atoms with Gasteiger partial charge in [0.15, 0.2) is 16.7 Å². The van der Waals surface area contributed by atoms with E-state index >= 15 is 0 Å². The Morgan fingerprint density at radius 1 is 1.17 bits per heavy atom. The number of aldehydes is 1. The Balaban J connectivity index is 0.000000262. The molecule has 4 aromatic rings. The van der Waals surface area contributed by atoms with Crippen LogP contribution in [0.25, 0.3) is 33.3 Å². The molecule has 0 atom stereocenters. The van der Waals surface area contributed by atoms with Gasteiger partial charge in [-0.2, -0.15) is 5.10 Å². The minimum absolute atomic E-state index is 0.254. The minimum atomic E-state index is -0.469. The first kappa shape index (κ1) is 26.0. The van der Waals surface area contributed by atoms with Crippen LogP contribution in [0.3, 0.4) is 0 Å². The molecule has 5 rings (SSSR count). The van der Waals surface area contributed by atoms with Crippen molar-refractivity contribution in [3.8, 4) is 33.3 Å². The Labute approximate surface area is 205 Å². The van der Waals surface area contributed by atoms with Crippen LogP contribution in [0.1, 0.15) is 38.5 Å².